The Morgan fingerprint density at radius 3 is 2.75 bits per heavy atom. The van der Waals surface area contributed by atoms with Crippen molar-refractivity contribution < 1.29 is 14.1 Å². The largest absolute Gasteiger partial charge is 0.325 e. The highest BCUT2D eigenvalue weighted by Crippen LogP contribution is 2.31. The molecule has 7 heteroatoms. The fraction of sp³-hybridized carbons (Fsp3) is 0.333. The van der Waals surface area contributed by atoms with Gasteiger partial charge in [-0.25, -0.2) is 9.37 Å². The number of halogens is 2. The highest BCUT2D eigenvalue weighted by Gasteiger charge is 2.32. The number of hydrogen-bond acceptors (Lipinski definition) is 3. The van der Waals surface area contributed by atoms with Gasteiger partial charge in [0.2, 0.25) is 0 Å². The van der Waals surface area contributed by atoms with Gasteiger partial charge < -0.3 is 10.2 Å². The van der Waals surface area contributed by atoms with Gasteiger partial charge in [-0.2, -0.15) is 0 Å². The molecule has 2 N–H and O–H groups in total. The molecule has 4 rings (SSSR count). The van der Waals surface area contributed by atoms with Crippen LogP contribution < -0.4 is 10.2 Å². The topological polar surface area (TPSA) is 46.4 Å². The first-order chi connectivity index (χ1) is 13.5. The van der Waals surface area contributed by atoms with E-state index in [-0.39, 0.29) is 17.0 Å². The molecule has 0 bridgehead atoms. The average Bonchev–Trinajstić information content (AvgIpc) is 3.14. The third-order valence-electron chi connectivity index (χ3n) is 5.48. The Labute approximate surface area is 172 Å². The molecule has 1 amide bonds. The number of amides is 1. The van der Waals surface area contributed by atoms with Gasteiger partial charge >= 0.3 is 0 Å². The first-order valence-electron chi connectivity index (χ1n) is 9.47. The zero-order chi connectivity index (χ0) is 19.7. The Morgan fingerprint density at radius 2 is 2.04 bits per heavy atom. The van der Waals surface area contributed by atoms with Crippen molar-refractivity contribution in [3.8, 4) is 0 Å². The number of quaternary nitrogens is 1. The number of carbonyl (C=O) groups excluding carboxylic acids is 1. The molecule has 0 unspecified atom stereocenters. The highest BCUT2D eigenvalue weighted by molar-refractivity contribution is 7.18. The van der Waals surface area contributed by atoms with Gasteiger partial charge in [-0.3, -0.25) is 4.79 Å². The predicted octanol–water partition coefficient (Wildman–Crippen LogP) is 3.88. The molecule has 0 aliphatic carbocycles. The number of fused-ring (bicyclic) bond motifs is 1. The van der Waals surface area contributed by atoms with Crippen LogP contribution in [0.5, 0.6) is 0 Å². The lowest BCUT2D eigenvalue weighted by atomic mass is 9.96. The third kappa shape index (κ3) is 4.04. The zero-order valence-corrected chi connectivity index (χ0v) is 17.1. The monoisotopic (exact) mass is 418 g/mol. The number of thiazole rings is 1. The van der Waals surface area contributed by atoms with Crippen LogP contribution in [0.3, 0.4) is 0 Å². The summed E-state index contributed by atoms with van der Waals surface area (Å²) >= 11 is 7.80. The van der Waals surface area contributed by atoms with Crippen molar-refractivity contribution in [1.82, 2.24) is 4.98 Å². The number of hydrogen-bond donors (Lipinski definition) is 2. The van der Waals surface area contributed by atoms with Crippen LogP contribution >= 0.6 is 22.9 Å². The normalized spacial score (nSPS) is 20.8. The molecule has 1 fully saturated rings. The van der Waals surface area contributed by atoms with Crippen LogP contribution in [-0.4, -0.2) is 30.0 Å². The molecular weight excluding hydrogens is 397 g/mol. The average molecular weight is 419 g/mol. The lowest BCUT2D eigenvalue weighted by molar-refractivity contribution is -0.919. The number of piperidine rings is 1. The maximum absolute atomic E-state index is 13.2. The van der Waals surface area contributed by atoms with E-state index in [1.165, 1.54) is 32.8 Å². The molecule has 1 saturated heterocycles. The first-order valence-corrected chi connectivity index (χ1v) is 10.7. The van der Waals surface area contributed by atoms with E-state index < -0.39 is 5.82 Å². The quantitative estimate of drug-likeness (QED) is 0.675. The molecule has 1 aliphatic rings. The van der Waals surface area contributed by atoms with Crippen molar-refractivity contribution in [1.29, 1.82) is 0 Å². The number of nitrogens with zero attached hydrogens (tertiary/aromatic N) is 1. The Morgan fingerprint density at radius 1 is 1.29 bits per heavy atom. The molecular formula is C21H22ClFN3OS+. The SMILES string of the molecule is C[C@H](C(=O)Nc1ccc(F)cc1Cl)[NH+]1CCC(c2nc3ccccc3s2)CC1. The first kappa shape index (κ1) is 19.3. The maximum Gasteiger partial charge on any atom is 0.282 e. The van der Waals surface area contributed by atoms with Crippen LogP contribution in [0.4, 0.5) is 10.1 Å². The number of anilines is 1. The zero-order valence-electron chi connectivity index (χ0n) is 15.5. The fourth-order valence-corrected chi connectivity index (χ4v) is 5.10. The summed E-state index contributed by atoms with van der Waals surface area (Å²) < 4.78 is 14.4. The molecule has 3 aromatic rings. The van der Waals surface area contributed by atoms with Gasteiger partial charge in [-0.1, -0.05) is 23.7 Å². The van der Waals surface area contributed by atoms with Gasteiger partial charge in [0, 0.05) is 18.8 Å². The number of nitrogens with one attached hydrogen (secondary N) is 2. The predicted molar refractivity (Wildman–Crippen MR) is 112 cm³/mol. The van der Waals surface area contributed by atoms with E-state index in [4.69, 9.17) is 16.6 Å². The summed E-state index contributed by atoms with van der Waals surface area (Å²) in [5.74, 6) is -0.0523. The summed E-state index contributed by atoms with van der Waals surface area (Å²) in [4.78, 5) is 18.7. The Bertz CT molecular complexity index is 967. The molecule has 28 heavy (non-hydrogen) atoms. The second-order valence-corrected chi connectivity index (χ2v) is 8.76. The van der Waals surface area contributed by atoms with E-state index in [9.17, 15) is 9.18 Å². The van der Waals surface area contributed by atoms with Crippen LogP contribution in [0.1, 0.15) is 30.7 Å². The molecule has 1 atom stereocenters. The van der Waals surface area contributed by atoms with Crippen LogP contribution in [0, 0.1) is 5.82 Å². The maximum atomic E-state index is 13.2. The van der Waals surface area contributed by atoms with Gasteiger partial charge in [0.15, 0.2) is 6.04 Å². The van der Waals surface area contributed by atoms with E-state index in [2.05, 4.69) is 17.4 Å². The minimum absolute atomic E-state index is 0.0954. The molecule has 146 valence electrons. The van der Waals surface area contributed by atoms with Gasteiger partial charge in [0.25, 0.3) is 5.91 Å². The van der Waals surface area contributed by atoms with Crippen LogP contribution in [0.25, 0.3) is 10.2 Å². The lowest BCUT2D eigenvalue weighted by Crippen LogP contribution is -3.17. The summed E-state index contributed by atoms with van der Waals surface area (Å²) in [6.45, 7) is 3.78. The number of carbonyl (C=O) groups is 1. The van der Waals surface area contributed by atoms with Gasteiger partial charge in [-0.05, 0) is 37.3 Å². The van der Waals surface area contributed by atoms with Crippen LogP contribution in [0.15, 0.2) is 42.5 Å². The third-order valence-corrected chi connectivity index (χ3v) is 6.99. The summed E-state index contributed by atoms with van der Waals surface area (Å²) in [5.41, 5.74) is 1.52. The molecule has 2 aromatic carbocycles. The van der Waals surface area contributed by atoms with Crippen molar-refractivity contribution in [2.45, 2.75) is 31.7 Å². The second-order valence-electron chi connectivity index (χ2n) is 7.29. The summed E-state index contributed by atoms with van der Waals surface area (Å²) in [7, 11) is 0. The number of rotatable bonds is 4. The number of benzene rings is 2. The molecule has 2 heterocycles. The van der Waals surface area contributed by atoms with E-state index in [1.807, 2.05) is 19.1 Å². The smallest absolute Gasteiger partial charge is 0.282 e. The standard InChI is InChI=1S/C21H21ClFN3OS/c1-13(20(27)24-17-7-6-15(23)12-16(17)22)26-10-8-14(9-11-26)21-25-18-4-2-3-5-19(18)28-21/h2-7,12-14H,8-11H2,1H3,(H,24,27)/p+1/t13-/m1/s1. The van der Waals surface area contributed by atoms with Crippen LogP contribution in [-0.2, 0) is 4.79 Å². The molecule has 4 nitrogen and oxygen atoms in total. The number of likely N-dealkylation sites (tertiary alicyclic amines) is 1. The number of aromatic nitrogens is 1. The second kappa shape index (κ2) is 8.15. The Hall–Kier alpha value is -2.02. The summed E-state index contributed by atoms with van der Waals surface area (Å²) in [6, 6.07) is 12.0. The molecule has 0 saturated carbocycles. The van der Waals surface area contributed by atoms with Crippen molar-refractivity contribution in [2.75, 3.05) is 18.4 Å². The summed E-state index contributed by atoms with van der Waals surface area (Å²) in [5, 5.41) is 4.24. The van der Waals surface area contributed by atoms with Crippen molar-refractivity contribution in [2.24, 2.45) is 0 Å². The molecule has 1 aromatic heterocycles. The van der Waals surface area contributed by atoms with Gasteiger partial charge in [0.05, 0.1) is 39.0 Å². The molecule has 0 spiro atoms. The molecule has 1 aliphatic heterocycles. The summed E-state index contributed by atoms with van der Waals surface area (Å²) in [6.07, 6.45) is 2.04. The van der Waals surface area contributed by atoms with Crippen LogP contribution in [0.2, 0.25) is 5.02 Å². The Balaban J connectivity index is 1.36. The van der Waals surface area contributed by atoms with Gasteiger partial charge in [0.1, 0.15) is 5.82 Å². The molecule has 0 radical (unpaired) electrons. The van der Waals surface area contributed by atoms with E-state index in [1.54, 1.807) is 11.3 Å². The van der Waals surface area contributed by atoms with E-state index in [0.29, 0.717) is 11.6 Å². The highest BCUT2D eigenvalue weighted by atomic mass is 35.5. The van der Waals surface area contributed by atoms with E-state index in [0.717, 1.165) is 31.4 Å². The Kier molecular flexibility index (Phi) is 5.62. The minimum atomic E-state index is -0.418. The van der Waals surface area contributed by atoms with Crippen molar-refractivity contribution >= 4 is 44.7 Å². The van der Waals surface area contributed by atoms with Crippen molar-refractivity contribution in [3.05, 3.63) is 58.3 Å². The van der Waals surface area contributed by atoms with Crippen molar-refractivity contribution in [3.63, 3.8) is 0 Å². The lowest BCUT2D eigenvalue weighted by Gasteiger charge is -2.31. The number of para-hydroxylation sites is 1. The fourth-order valence-electron chi connectivity index (χ4n) is 3.75. The van der Waals surface area contributed by atoms with Gasteiger partial charge in [-0.15, -0.1) is 11.3 Å². The van der Waals surface area contributed by atoms with E-state index >= 15 is 0 Å². The minimum Gasteiger partial charge on any atom is -0.325 e.